The third-order valence-corrected chi connectivity index (χ3v) is 5.23. The van der Waals surface area contributed by atoms with Gasteiger partial charge in [0.1, 0.15) is 17.8 Å². The van der Waals surface area contributed by atoms with Crippen molar-refractivity contribution in [3.8, 4) is 5.75 Å². The summed E-state index contributed by atoms with van der Waals surface area (Å²) in [5.74, 6) is -1.18. The van der Waals surface area contributed by atoms with Crippen LogP contribution in [0.4, 0.5) is 5.69 Å². The highest BCUT2D eigenvalue weighted by Gasteiger charge is 2.46. The molecule has 1 aliphatic rings. The minimum atomic E-state index is -0.814. The Bertz CT molecular complexity index is 1160. The Labute approximate surface area is 179 Å². The monoisotopic (exact) mass is 413 g/mol. The summed E-state index contributed by atoms with van der Waals surface area (Å²) in [6, 6.07) is 21.2. The number of nitrogens with zero attached hydrogens (tertiary/aromatic N) is 1. The highest BCUT2D eigenvalue weighted by molar-refractivity contribution is 6.51. The molecule has 6 heteroatoms. The molecule has 1 heterocycles. The second kappa shape index (κ2) is 8.28. The number of aldehydes is 1. The van der Waals surface area contributed by atoms with Crippen LogP contribution in [0.1, 0.15) is 27.5 Å². The number of aliphatic hydroxyl groups is 1. The average Bonchev–Trinajstić information content (AvgIpc) is 3.09. The van der Waals surface area contributed by atoms with Crippen molar-refractivity contribution in [2.45, 2.75) is 6.04 Å². The van der Waals surface area contributed by atoms with Crippen LogP contribution >= 0.6 is 0 Å². The lowest BCUT2D eigenvalue weighted by atomic mass is 9.95. The zero-order valence-corrected chi connectivity index (χ0v) is 16.7. The number of carbonyl (C=O) groups excluding carboxylic acids is 3. The quantitative estimate of drug-likeness (QED) is 0.294. The maximum absolute atomic E-state index is 13.0. The van der Waals surface area contributed by atoms with Crippen LogP contribution in [0.25, 0.3) is 5.76 Å². The summed E-state index contributed by atoms with van der Waals surface area (Å²) in [4.78, 5) is 38.4. The average molecular weight is 413 g/mol. The lowest BCUT2D eigenvalue weighted by molar-refractivity contribution is -0.132. The summed E-state index contributed by atoms with van der Waals surface area (Å²) in [5.41, 5.74) is 1.98. The van der Waals surface area contributed by atoms with Crippen molar-refractivity contribution in [2.75, 3.05) is 12.0 Å². The van der Waals surface area contributed by atoms with E-state index in [4.69, 9.17) is 4.74 Å². The molecule has 0 aromatic heterocycles. The van der Waals surface area contributed by atoms with Gasteiger partial charge in [-0.15, -0.1) is 0 Å². The molecule has 0 saturated carbocycles. The molecule has 0 radical (unpaired) electrons. The molecule has 1 saturated heterocycles. The van der Waals surface area contributed by atoms with E-state index >= 15 is 0 Å². The Morgan fingerprint density at radius 2 is 1.58 bits per heavy atom. The van der Waals surface area contributed by atoms with E-state index in [0.29, 0.717) is 34.4 Å². The first kappa shape index (κ1) is 20.1. The van der Waals surface area contributed by atoms with Crippen LogP contribution in [0.3, 0.4) is 0 Å². The SMILES string of the molecule is COc1ccc(C(O)=C2C(=O)C(=O)N(c3ccc(C=O)cc3)C2c2ccccc2)cc1. The van der Waals surface area contributed by atoms with E-state index in [1.165, 1.54) is 12.0 Å². The topological polar surface area (TPSA) is 83.9 Å². The number of rotatable bonds is 5. The van der Waals surface area contributed by atoms with Crippen LogP contribution in [-0.2, 0) is 9.59 Å². The molecule has 1 fully saturated rings. The van der Waals surface area contributed by atoms with Crippen LogP contribution < -0.4 is 9.64 Å². The number of carbonyl (C=O) groups is 3. The van der Waals surface area contributed by atoms with E-state index in [0.717, 1.165) is 0 Å². The molecule has 0 aliphatic carbocycles. The fourth-order valence-corrected chi connectivity index (χ4v) is 3.67. The summed E-state index contributed by atoms with van der Waals surface area (Å²) in [7, 11) is 1.53. The number of Topliss-reactive ketones (excluding diaryl/α,β-unsaturated/α-hetero) is 1. The van der Waals surface area contributed by atoms with E-state index in [9.17, 15) is 19.5 Å². The number of hydrogen-bond acceptors (Lipinski definition) is 5. The minimum absolute atomic E-state index is 0.000769. The van der Waals surface area contributed by atoms with Gasteiger partial charge in [-0.25, -0.2) is 0 Å². The molecule has 3 aromatic rings. The molecule has 3 aromatic carbocycles. The van der Waals surface area contributed by atoms with Gasteiger partial charge in [-0.3, -0.25) is 19.3 Å². The Kier molecular flexibility index (Phi) is 5.37. The number of benzene rings is 3. The van der Waals surface area contributed by atoms with Gasteiger partial charge in [0, 0.05) is 16.8 Å². The van der Waals surface area contributed by atoms with Gasteiger partial charge in [-0.1, -0.05) is 30.3 Å². The van der Waals surface area contributed by atoms with Crippen molar-refractivity contribution in [1.82, 2.24) is 0 Å². The summed E-state index contributed by atoms with van der Waals surface area (Å²) >= 11 is 0. The van der Waals surface area contributed by atoms with E-state index in [1.54, 1.807) is 72.8 Å². The van der Waals surface area contributed by atoms with Gasteiger partial charge < -0.3 is 9.84 Å². The van der Waals surface area contributed by atoms with Gasteiger partial charge in [-0.2, -0.15) is 0 Å². The number of hydrogen-bond donors (Lipinski definition) is 1. The van der Waals surface area contributed by atoms with Crippen molar-refractivity contribution >= 4 is 29.4 Å². The largest absolute Gasteiger partial charge is 0.507 e. The molecule has 154 valence electrons. The molecule has 6 nitrogen and oxygen atoms in total. The van der Waals surface area contributed by atoms with Gasteiger partial charge in [-0.05, 0) is 54.1 Å². The van der Waals surface area contributed by atoms with E-state index in [1.807, 2.05) is 6.07 Å². The van der Waals surface area contributed by atoms with Crippen LogP contribution in [-0.4, -0.2) is 30.2 Å². The van der Waals surface area contributed by atoms with Crippen LogP contribution in [0.15, 0.2) is 84.4 Å². The van der Waals surface area contributed by atoms with Crippen LogP contribution in [0.5, 0.6) is 5.75 Å². The first-order chi connectivity index (χ1) is 15.0. The van der Waals surface area contributed by atoms with E-state index in [2.05, 4.69) is 0 Å². The molecule has 0 bridgehead atoms. The van der Waals surface area contributed by atoms with E-state index in [-0.39, 0.29) is 11.3 Å². The molecular weight excluding hydrogens is 394 g/mol. The Balaban J connectivity index is 1.89. The third kappa shape index (κ3) is 3.59. The summed E-state index contributed by atoms with van der Waals surface area (Å²) in [5, 5.41) is 11.0. The number of ketones is 1. The van der Waals surface area contributed by atoms with Gasteiger partial charge in [0.2, 0.25) is 0 Å². The maximum Gasteiger partial charge on any atom is 0.300 e. The Hall–Kier alpha value is -4.19. The zero-order valence-electron chi connectivity index (χ0n) is 16.7. The molecule has 1 N–H and O–H groups in total. The molecule has 1 amide bonds. The normalized spacial score (nSPS) is 17.6. The lowest BCUT2D eigenvalue weighted by Crippen LogP contribution is -2.29. The summed E-state index contributed by atoms with van der Waals surface area (Å²) in [6.07, 6.45) is 0.705. The fraction of sp³-hybridized carbons (Fsp3) is 0.0800. The molecule has 4 rings (SSSR count). The number of amides is 1. The zero-order chi connectivity index (χ0) is 22.0. The van der Waals surface area contributed by atoms with E-state index < -0.39 is 17.7 Å². The maximum atomic E-state index is 13.0. The molecule has 1 unspecified atom stereocenters. The van der Waals surface area contributed by atoms with Gasteiger partial charge in [0.15, 0.2) is 0 Å². The smallest absolute Gasteiger partial charge is 0.300 e. The third-order valence-electron chi connectivity index (χ3n) is 5.23. The molecule has 0 spiro atoms. The number of methoxy groups -OCH3 is 1. The summed E-state index contributed by atoms with van der Waals surface area (Å²) in [6.45, 7) is 0. The number of ether oxygens (including phenoxy) is 1. The Morgan fingerprint density at radius 1 is 0.935 bits per heavy atom. The van der Waals surface area contributed by atoms with Crippen molar-refractivity contribution in [3.63, 3.8) is 0 Å². The summed E-state index contributed by atoms with van der Waals surface area (Å²) < 4.78 is 5.15. The van der Waals surface area contributed by atoms with Gasteiger partial charge >= 0.3 is 0 Å². The van der Waals surface area contributed by atoms with Crippen molar-refractivity contribution in [1.29, 1.82) is 0 Å². The molecule has 31 heavy (non-hydrogen) atoms. The number of anilines is 1. The fourth-order valence-electron chi connectivity index (χ4n) is 3.67. The lowest BCUT2D eigenvalue weighted by Gasteiger charge is -2.25. The molecule has 1 aliphatic heterocycles. The van der Waals surface area contributed by atoms with Gasteiger partial charge in [0.05, 0.1) is 18.7 Å². The predicted molar refractivity (Wildman–Crippen MR) is 116 cm³/mol. The highest BCUT2D eigenvalue weighted by Crippen LogP contribution is 2.42. The van der Waals surface area contributed by atoms with Crippen LogP contribution in [0, 0.1) is 0 Å². The highest BCUT2D eigenvalue weighted by atomic mass is 16.5. The van der Waals surface area contributed by atoms with Crippen molar-refractivity contribution < 1.29 is 24.2 Å². The molecular formula is C25H19NO5. The minimum Gasteiger partial charge on any atom is -0.507 e. The first-order valence-corrected chi connectivity index (χ1v) is 9.60. The second-order valence-corrected chi connectivity index (χ2v) is 7.02. The standard InChI is InChI=1S/C25H19NO5/c1-31-20-13-9-18(10-14-20)23(28)21-22(17-5-3-2-4-6-17)26(25(30)24(21)29)19-11-7-16(15-27)8-12-19/h2-15,22,28H,1H3. The molecule has 1 atom stereocenters. The Morgan fingerprint density at radius 3 is 2.16 bits per heavy atom. The first-order valence-electron chi connectivity index (χ1n) is 9.60. The second-order valence-electron chi connectivity index (χ2n) is 7.02. The van der Waals surface area contributed by atoms with Crippen LogP contribution in [0.2, 0.25) is 0 Å². The van der Waals surface area contributed by atoms with Gasteiger partial charge in [0.25, 0.3) is 11.7 Å². The number of aliphatic hydroxyl groups excluding tert-OH is 1. The van der Waals surface area contributed by atoms with Crippen molar-refractivity contribution in [2.24, 2.45) is 0 Å². The van der Waals surface area contributed by atoms with Crippen molar-refractivity contribution in [3.05, 3.63) is 101 Å². The predicted octanol–water partition coefficient (Wildman–Crippen LogP) is 4.13.